The smallest absolute Gasteiger partial charge is 0.308 e. The summed E-state index contributed by atoms with van der Waals surface area (Å²) in [5.74, 6) is 0. The summed E-state index contributed by atoms with van der Waals surface area (Å²) in [5, 5.41) is 14.9. The van der Waals surface area contributed by atoms with Crippen LogP contribution in [0, 0.1) is 59.8 Å². The van der Waals surface area contributed by atoms with E-state index < -0.39 is 11.7 Å². The number of hydrogen-bond acceptors (Lipinski definition) is 1. The molecule has 63 heavy (non-hydrogen) atoms. The molecule has 0 saturated heterocycles. The van der Waals surface area contributed by atoms with Crippen LogP contribution in [-0.4, -0.2) is 9.13 Å². The van der Waals surface area contributed by atoms with Gasteiger partial charge in [0.15, 0.2) is 0 Å². The van der Waals surface area contributed by atoms with Crippen molar-refractivity contribution in [3.8, 4) is 50.8 Å². The van der Waals surface area contributed by atoms with Crippen LogP contribution in [0.2, 0.25) is 0 Å². The van der Waals surface area contributed by atoms with Gasteiger partial charge in [-0.2, -0.15) is 18.4 Å². The average molecular weight is 828 g/mol. The van der Waals surface area contributed by atoms with Gasteiger partial charge < -0.3 is 9.13 Å². The number of aromatic nitrogens is 2. The second-order valence-electron chi connectivity index (χ2n) is 17.3. The number of nitriles is 1. The van der Waals surface area contributed by atoms with E-state index in [1.165, 1.54) is 23.3 Å². The van der Waals surface area contributed by atoms with Crippen molar-refractivity contribution in [2.45, 2.75) is 54.6 Å². The fourth-order valence-electron chi connectivity index (χ4n) is 10.5. The Hall–Kier alpha value is -7.36. The van der Waals surface area contributed by atoms with Crippen LogP contribution >= 0.6 is 0 Å². The largest absolute Gasteiger partial charge is 0.416 e. The molecule has 0 radical (unpaired) electrons. The Kier molecular flexibility index (Phi) is 9.24. The van der Waals surface area contributed by atoms with Crippen molar-refractivity contribution in [3.63, 3.8) is 0 Å². The van der Waals surface area contributed by atoms with Crippen LogP contribution in [0.15, 0.2) is 140 Å². The van der Waals surface area contributed by atoms with Crippen LogP contribution in [-0.2, 0) is 6.18 Å². The van der Waals surface area contributed by atoms with E-state index in [0.29, 0.717) is 33.6 Å². The number of halogens is 3. The van der Waals surface area contributed by atoms with Gasteiger partial charge in [-0.15, -0.1) is 0 Å². The summed E-state index contributed by atoms with van der Waals surface area (Å²) >= 11 is 0. The summed E-state index contributed by atoms with van der Waals surface area (Å²) in [4.78, 5) is 0. The lowest BCUT2D eigenvalue weighted by Gasteiger charge is -2.22. The highest BCUT2D eigenvalue weighted by atomic mass is 19.4. The molecule has 10 aromatic rings. The van der Waals surface area contributed by atoms with Gasteiger partial charge in [-0.25, -0.2) is 0 Å². The molecule has 2 aromatic heterocycles. The predicted octanol–water partition coefficient (Wildman–Crippen LogP) is 15.9. The van der Waals surface area contributed by atoms with Gasteiger partial charge >= 0.3 is 6.18 Å². The number of para-hydroxylation sites is 2. The lowest BCUT2D eigenvalue weighted by atomic mass is 9.93. The summed E-state index contributed by atoms with van der Waals surface area (Å²) in [5.41, 5.74) is 17.2. The van der Waals surface area contributed by atoms with E-state index in [0.717, 1.165) is 88.1 Å². The normalized spacial score (nSPS) is 12.0. The van der Waals surface area contributed by atoms with E-state index in [4.69, 9.17) is 0 Å². The van der Waals surface area contributed by atoms with Gasteiger partial charge in [0.05, 0.1) is 50.6 Å². The fourth-order valence-corrected chi connectivity index (χ4v) is 10.5. The van der Waals surface area contributed by atoms with E-state index in [1.807, 2.05) is 42.5 Å². The molecule has 0 fully saturated rings. The zero-order valence-corrected chi connectivity index (χ0v) is 36.3. The number of rotatable bonds is 5. The molecule has 10 rings (SSSR count). The third kappa shape index (κ3) is 6.50. The molecule has 6 heteroatoms. The molecule has 0 saturated carbocycles. The molecular formula is C57H44F3N3. The van der Waals surface area contributed by atoms with Crippen LogP contribution in [0.4, 0.5) is 13.2 Å². The van der Waals surface area contributed by atoms with Gasteiger partial charge in [-0.05, 0) is 153 Å². The Morgan fingerprint density at radius 2 is 0.825 bits per heavy atom. The molecule has 0 aliphatic heterocycles. The topological polar surface area (TPSA) is 33.6 Å². The Morgan fingerprint density at radius 1 is 0.413 bits per heavy atom. The third-order valence-corrected chi connectivity index (χ3v) is 12.7. The zero-order valence-electron chi connectivity index (χ0n) is 36.3. The van der Waals surface area contributed by atoms with Gasteiger partial charge in [0.1, 0.15) is 0 Å². The minimum Gasteiger partial charge on any atom is -0.308 e. The summed E-state index contributed by atoms with van der Waals surface area (Å²) in [6.07, 6.45) is -4.59. The van der Waals surface area contributed by atoms with Crippen molar-refractivity contribution in [2.24, 2.45) is 0 Å². The standard InChI is InChI=1S/C57H44F3N3/c1-32-20-35(4)54(36(5)21-32)40-16-18-46-44-12-8-10-14-48(44)62(50(46)29-40)52-26-39(31-61)27-53(56(52)42-24-34(3)25-43(28-42)57(58,59)60)63-49-15-11-9-13-45(49)47-19-17-41(30-51(47)63)55-37(6)22-33(2)23-38(55)7/h8-30H,1-7H3. The molecule has 0 unspecified atom stereocenters. The summed E-state index contributed by atoms with van der Waals surface area (Å²) < 4.78 is 49.0. The summed E-state index contributed by atoms with van der Waals surface area (Å²) in [7, 11) is 0. The van der Waals surface area contributed by atoms with Gasteiger partial charge in [0.25, 0.3) is 0 Å². The van der Waals surface area contributed by atoms with Crippen LogP contribution < -0.4 is 0 Å². The molecule has 0 spiro atoms. The van der Waals surface area contributed by atoms with E-state index in [1.54, 1.807) is 6.92 Å². The Labute approximate surface area is 364 Å². The van der Waals surface area contributed by atoms with Gasteiger partial charge in [0, 0.05) is 27.1 Å². The van der Waals surface area contributed by atoms with Crippen LogP contribution in [0.5, 0.6) is 0 Å². The summed E-state index contributed by atoms with van der Waals surface area (Å²) in [6, 6.07) is 48.5. The Bertz CT molecular complexity index is 3350. The first-order valence-electron chi connectivity index (χ1n) is 21.2. The maximum absolute atomic E-state index is 14.9. The molecule has 0 aliphatic carbocycles. The van der Waals surface area contributed by atoms with Gasteiger partial charge in [-0.3, -0.25) is 0 Å². The number of alkyl halides is 3. The fraction of sp³-hybridized carbons (Fsp3) is 0.140. The first-order valence-corrected chi connectivity index (χ1v) is 21.2. The Balaban J connectivity index is 1.39. The highest BCUT2D eigenvalue weighted by molar-refractivity contribution is 6.13. The zero-order chi connectivity index (χ0) is 44.1. The molecule has 308 valence electrons. The number of hydrogen-bond donors (Lipinski definition) is 0. The van der Waals surface area contributed by atoms with Gasteiger partial charge in [-0.1, -0.05) is 102 Å². The van der Waals surface area contributed by atoms with Crippen LogP contribution in [0.1, 0.15) is 50.1 Å². The lowest BCUT2D eigenvalue weighted by molar-refractivity contribution is -0.137. The minimum absolute atomic E-state index is 0.382. The Morgan fingerprint density at radius 3 is 1.25 bits per heavy atom. The first kappa shape index (κ1) is 39.8. The van der Waals surface area contributed by atoms with Crippen molar-refractivity contribution in [3.05, 3.63) is 190 Å². The van der Waals surface area contributed by atoms with Gasteiger partial charge in [0.2, 0.25) is 0 Å². The number of aryl methyl sites for hydroxylation is 7. The van der Waals surface area contributed by atoms with Crippen LogP contribution in [0.3, 0.4) is 0 Å². The second kappa shape index (κ2) is 14.6. The predicted molar refractivity (Wildman–Crippen MR) is 254 cm³/mol. The van der Waals surface area contributed by atoms with E-state index in [9.17, 15) is 18.4 Å². The molecule has 2 heterocycles. The molecule has 0 bridgehead atoms. The molecule has 8 aromatic carbocycles. The maximum atomic E-state index is 14.9. The first-order chi connectivity index (χ1) is 30.2. The number of nitrogens with zero attached hydrogens (tertiary/aromatic N) is 3. The average Bonchev–Trinajstić information content (AvgIpc) is 3.74. The molecule has 0 aliphatic rings. The third-order valence-electron chi connectivity index (χ3n) is 12.7. The number of fused-ring (bicyclic) bond motifs is 6. The highest BCUT2D eigenvalue weighted by Crippen LogP contribution is 2.46. The van der Waals surface area contributed by atoms with E-state index in [-0.39, 0.29) is 0 Å². The highest BCUT2D eigenvalue weighted by Gasteiger charge is 2.32. The van der Waals surface area contributed by atoms with Crippen molar-refractivity contribution in [1.29, 1.82) is 5.26 Å². The molecule has 0 amide bonds. The molecular weight excluding hydrogens is 784 g/mol. The molecule has 0 N–H and O–H groups in total. The number of benzene rings is 8. The SMILES string of the molecule is Cc1cc(-c2c(-n3c4ccccc4c4ccc(-c5c(C)cc(C)cc5C)cc43)cc(C#N)cc2-n2c3ccccc3c3ccc(-c4c(C)cc(C)cc4C)cc32)cc(C(F)(F)F)c1. The molecule has 3 nitrogen and oxygen atoms in total. The maximum Gasteiger partial charge on any atom is 0.416 e. The van der Waals surface area contributed by atoms with Crippen molar-refractivity contribution < 1.29 is 13.2 Å². The van der Waals surface area contributed by atoms with Crippen molar-refractivity contribution >= 4 is 43.6 Å². The summed E-state index contributed by atoms with van der Waals surface area (Å²) in [6.45, 7) is 14.4. The van der Waals surface area contributed by atoms with E-state index in [2.05, 4.69) is 142 Å². The second-order valence-corrected chi connectivity index (χ2v) is 17.3. The minimum atomic E-state index is -4.59. The van der Waals surface area contributed by atoms with Crippen molar-refractivity contribution in [2.75, 3.05) is 0 Å². The monoisotopic (exact) mass is 827 g/mol. The lowest BCUT2D eigenvalue weighted by Crippen LogP contribution is -2.08. The van der Waals surface area contributed by atoms with Crippen molar-refractivity contribution in [1.82, 2.24) is 9.13 Å². The van der Waals surface area contributed by atoms with Crippen LogP contribution in [0.25, 0.3) is 88.4 Å². The quantitative estimate of drug-likeness (QED) is 0.170. The molecule has 0 atom stereocenters. The van der Waals surface area contributed by atoms with E-state index >= 15 is 0 Å².